The van der Waals surface area contributed by atoms with Crippen LogP contribution in [0.25, 0.3) is 27.5 Å². The molecule has 0 N–H and O–H groups in total. The molecule has 1 fully saturated rings. The Morgan fingerprint density at radius 2 is 1.90 bits per heavy atom. The van der Waals surface area contributed by atoms with Crippen LogP contribution in [0, 0.1) is 6.92 Å². The van der Waals surface area contributed by atoms with Crippen LogP contribution in [0.4, 0.5) is 0 Å². The third kappa shape index (κ3) is 2.93. The first-order chi connectivity index (χ1) is 14.8. The summed E-state index contributed by atoms with van der Waals surface area (Å²) in [6.07, 6.45) is 1.19. The van der Waals surface area contributed by atoms with E-state index in [-0.39, 0.29) is 0 Å². The maximum atomic E-state index is 6.09. The van der Waals surface area contributed by atoms with E-state index >= 15 is 0 Å². The van der Waals surface area contributed by atoms with Crippen molar-refractivity contribution in [1.29, 1.82) is 0 Å². The van der Waals surface area contributed by atoms with E-state index in [4.69, 9.17) is 9.52 Å². The fourth-order valence-electron chi connectivity index (χ4n) is 4.41. The summed E-state index contributed by atoms with van der Waals surface area (Å²) < 4.78 is 7.92. The van der Waals surface area contributed by atoms with Gasteiger partial charge in [-0.2, -0.15) is 9.61 Å². The van der Waals surface area contributed by atoms with Gasteiger partial charge >= 0.3 is 0 Å². The molecule has 4 heterocycles. The maximum Gasteiger partial charge on any atom is 0.235 e. The van der Waals surface area contributed by atoms with Gasteiger partial charge in [0, 0.05) is 17.5 Å². The van der Waals surface area contributed by atoms with Crippen LogP contribution in [0.3, 0.4) is 0 Å². The summed E-state index contributed by atoms with van der Waals surface area (Å²) >= 11 is 1.60. The highest BCUT2D eigenvalue weighted by Crippen LogP contribution is 2.33. The first kappa shape index (κ1) is 17.8. The molecule has 0 unspecified atom stereocenters. The van der Waals surface area contributed by atoms with Gasteiger partial charge < -0.3 is 4.42 Å². The van der Waals surface area contributed by atoms with Crippen LogP contribution in [0.15, 0.2) is 59.0 Å². The highest BCUT2D eigenvalue weighted by Gasteiger charge is 2.26. The molecule has 150 valence electrons. The van der Waals surface area contributed by atoms with Crippen molar-refractivity contribution in [3.63, 3.8) is 0 Å². The summed E-state index contributed by atoms with van der Waals surface area (Å²) in [5.41, 5.74) is 3.36. The summed E-state index contributed by atoms with van der Waals surface area (Å²) in [6.45, 7) is 5.06. The second-order valence-electron chi connectivity index (χ2n) is 7.90. The minimum absolute atomic E-state index is 0.602. The van der Waals surface area contributed by atoms with E-state index in [1.807, 2.05) is 22.7 Å². The van der Waals surface area contributed by atoms with Gasteiger partial charge in [0.2, 0.25) is 10.8 Å². The molecular weight excluding hydrogens is 394 g/mol. The zero-order valence-electron chi connectivity index (χ0n) is 16.7. The average Bonchev–Trinajstić information content (AvgIpc) is 3.54. The lowest BCUT2D eigenvalue weighted by atomic mass is 9.99. The number of nitrogens with zero attached hydrogens (tertiary/aromatic N) is 5. The zero-order valence-corrected chi connectivity index (χ0v) is 17.5. The van der Waals surface area contributed by atoms with Gasteiger partial charge in [-0.15, -0.1) is 10.2 Å². The van der Waals surface area contributed by atoms with Crippen LogP contribution >= 0.6 is 11.3 Å². The lowest BCUT2D eigenvalue weighted by Gasteiger charge is -2.14. The highest BCUT2D eigenvalue weighted by atomic mass is 32.1. The molecule has 0 aliphatic carbocycles. The lowest BCUT2D eigenvalue weighted by molar-refractivity contribution is 0.325. The third-order valence-electron chi connectivity index (χ3n) is 5.98. The number of hydrogen-bond acceptors (Lipinski definition) is 6. The van der Waals surface area contributed by atoms with Gasteiger partial charge in [-0.25, -0.2) is 0 Å². The zero-order chi connectivity index (χ0) is 20.1. The number of para-hydroxylation sites is 1. The van der Waals surface area contributed by atoms with E-state index < -0.39 is 0 Å². The van der Waals surface area contributed by atoms with E-state index in [0.29, 0.717) is 11.7 Å². The first-order valence-electron chi connectivity index (χ1n) is 10.2. The van der Waals surface area contributed by atoms with Crippen molar-refractivity contribution in [2.24, 2.45) is 0 Å². The van der Waals surface area contributed by atoms with Gasteiger partial charge in [-0.1, -0.05) is 59.9 Å². The third-order valence-corrected chi connectivity index (χ3v) is 6.87. The highest BCUT2D eigenvalue weighted by molar-refractivity contribution is 7.16. The summed E-state index contributed by atoms with van der Waals surface area (Å²) in [7, 11) is 0. The number of fused-ring (bicyclic) bond motifs is 2. The quantitative estimate of drug-likeness (QED) is 0.418. The average molecular weight is 416 g/mol. The Morgan fingerprint density at radius 3 is 2.77 bits per heavy atom. The summed E-state index contributed by atoms with van der Waals surface area (Å²) in [6, 6.07) is 18.9. The Bertz CT molecular complexity index is 1340. The molecule has 5 aromatic rings. The first-order valence-corrected chi connectivity index (χ1v) is 11.0. The van der Waals surface area contributed by atoms with Crippen LogP contribution in [-0.4, -0.2) is 37.8 Å². The second kappa shape index (κ2) is 7.04. The number of furan rings is 1. The number of likely N-dealkylation sites (tertiary alicyclic amines) is 1. The maximum absolute atomic E-state index is 6.09. The molecule has 3 aromatic heterocycles. The number of aryl methyl sites for hydroxylation is 1. The molecule has 1 saturated heterocycles. The standard InChI is InChI=1S/C23H21N5OS/c1-15-18-9-5-6-10-19(18)29-21(15)22-24-25-23-28(22)26-20(30-23)14-27-12-11-17(13-27)16-7-3-2-4-8-16/h2-10,17H,11-14H2,1H3/t17-/m1/s1. The molecule has 0 saturated carbocycles. The Balaban J connectivity index is 1.27. The van der Waals surface area contributed by atoms with Gasteiger partial charge in [-0.05, 0) is 37.4 Å². The van der Waals surface area contributed by atoms with Crippen molar-refractivity contribution in [2.75, 3.05) is 13.1 Å². The van der Waals surface area contributed by atoms with Crippen LogP contribution < -0.4 is 0 Å². The van der Waals surface area contributed by atoms with E-state index in [1.165, 1.54) is 12.0 Å². The Hall–Kier alpha value is -3.03. The predicted molar refractivity (Wildman–Crippen MR) is 118 cm³/mol. The van der Waals surface area contributed by atoms with Gasteiger partial charge in [0.05, 0.1) is 6.54 Å². The summed E-state index contributed by atoms with van der Waals surface area (Å²) in [4.78, 5) is 3.29. The van der Waals surface area contributed by atoms with Gasteiger partial charge in [0.1, 0.15) is 10.6 Å². The molecule has 0 spiro atoms. The van der Waals surface area contributed by atoms with Crippen LogP contribution in [0.1, 0.15) is 28.5 Å². The van der Waals surface area contributed by atoms with Crippen molar-refractivity contribution >= 4 is 27.3 Å². The molecule has 6 rings (SSSR count). The molecular formula is C23H21N5OS. The Morgan fingerprint density at radius 1 is 1.07 bits per heavy atom. The smallest absolute Gasteiger partial charge is 0.235 e. The molecule has 30 heavy (non-hydrogen) atoms. The van der Waals surface area contributed by atoms with Gasteiger partial charge in [-0.3, -0.25) is 4.90 Å². The van der Waals surface area contributed by atoms with Crippen molar-refractivity contribution in [2.45, 2.75) is 25.8 Å². The van der Waals surface area contributed by atoms with Crippen LogP contribution in [0.2, 0.25) is 0 Å². The van der Waals surface area contributed by atoms with Crippen LogP contribution in [-0.2, 0) is 6.54 Å². The Labute approximate surface area is 177 Å². The van der Waals surface area contributed by atoms with Crippen molar-refractivity contribution in [3.8, 4) is 11.6 Å². The van der Waals surface area contributed by atoms with Crippen LogP contribution in [0.5, 0.6) is 0 Å². The normalized spacial score (nSPS) is 17.4. The molecule has 1 aliphatic rings. The molecule has 1 aliphatic heterocycles. The van der Waals surface area contributed by atoms with E-state index in [2.05, 4.69) is 58.4 Å². The van der Waals surface area contributed by atoms with E-state index in [1.54, 1.807) is 11.3 Å². The SMILES string of the molecule is Cc1c(-c2nnc3sc(CN4CC[C@@H](c5ccccc5)C4)nn23)oc2ccccc12. The van der Waals surface area contributed by atoms with Crippen molar-refractivity contribution in [3.05, 3.63) is 70.7 Å². The number of aromatic nitrogens is 4. The van der Waals surface area contributed by atoms with E-state index in [9.17, 15) is 0 Å². The number of rotatable bonds is 4. The van der Waals surface area contributed by atoms with Crippen molar-refractivity contribution in [1.82, 2.24) is 24.7 Å². The largest absolute Gasteiger partial charge is 0.452 e. The molecule has 2 aromatic carbocycles. The molecule has 7 heteroatoms. The number of benzene rings is 2. The minimum atomic E-state index is 0.602. The summed E-state index contributed by atoms with van der Waals surface area (Å²) in [5, 5.41) is 15.7. The fraction of sp³-hybridized carbons (Fsp3) is 0.261. The molecule has 1 atom stereocenters. The lowest BCUT2D eigenvalue weighted by Crippen LogP contribution is -2.19. The summed E-state index contributed by atoms with van der Waals surface area (Å²) in [5.74, 6) is 2.02. The molecule has 0 radical (unpaired) electrons. The van der Waals surface area contributed by atoms with Gasteiger partial charge in [0.15, 0.2) is 5.76 Å². The van der Waals surface area contributed by atoms with Gasteiger partial charge in [0.25, 0.3) is 0 Å². The topological polar surface area (TPSA) is 59.5 Å². The minimum Gasteiger partial charge on any atom is -0.452 e. The molecule has 0 amide bonds. The Kier molecular flexibility index (Phi) is 4.17. The fourth-order valence-corrected chi connectivity index (χ4v) is 5.29. The second-order valence-corrected chi connectivity index (χ2v) is 8.94. The predicted octanol–water partition coefficient (Wildman–Crippen LogP) is 4.90. The van der Waals surface area contributed by atoms with Crippen molar-refractivity contribution < 1.29 is 4.42 Å². The number of hydrogen-bond donors (Lipinski definition) is 0. The molecule has 0 bridgehead atoms. The monoisotopic (exact) mass is 415 g/mol. The van der Waals surface area contributed by atoms with E-state index in [0.717, 1.165) is 51.9 Å². The molecule has 6 nitrogen and oxygen atoms in total.